The molecule has 3 heterocycles. The van der Waals surface area contributed by atoms with E-state index in [2.05, 4.69) is 170 Å². The Morgan fingerprint density at radius 2 is 1.49 bits per heavy atom. The smallest absolute Gasteiger partial charge is 0.120 e. The molecule has 6 heteroatoms. The van der Waals surface area contributed by atoms with Crippen molar-refractivity contribution in [1.29, 1.82) is 0 Å². The van der Waals surface area contributed by atoms with Crippen LogP contribution in [0.5, 0.6) is 0 Å². The molecule has 9 rings (SSSR count). The number of fused-ring (bicyclic) bond motifs is 5. The van der Waals surface area contributed by atoms with Gasteiger partial charge in [-0.05, 0) is 89.1 Å². The van der Waals surface area contributed by atoms with Crippen molar-refractivity contribution >= 4 is 57.0 Å². The molecular weight excluding hydrogens is 915 g/mol. The number of benzene rings is 6. The third-order valence-corrected chi connectivity index (χ3v) is 13.5. The molecule has 0 aliphatic rings. The van der Waals surface area contributed by atoms with Crippen LogP contribution in [-0.4, -0.2) is 22.6 Å². The average molecular weight is 969 g/mol. The first-order chi connectivity index (χ1) is 27.9. The van der Waals surface area contributed by atoms with E-state index in [4.69, 9.17) is 15.8 Å². The van der Waals surface area contributed by atoms with Crippen molar-refractivity contribution in [3.63, 3.8) is 0 Å². The number of hydrogen-bond acceptors (Lipinski definition) is 3. The van der Waals surface area contributed by atoms with Gasteiger partial charge in [0.1, 0.15) is 5.58 Å². The molecule has 0 spiro atoms. The van der Waals surface area contributed by atoms with E-state index in [1.807, 2.05) is 37.4 Å². The van der Waals surface area contributed by atoms with E-state index < -0.39 is 14.0 Å². The number of para-hydroxylation sites is 1. The van der Waals surface area contributed by atoms with Gasteiger partial charge in [-0.1, -0.05) is 131 Å². The Hall–Kier alpha value is -5.13. The Bertz CT molecular complexity index is 3020. The van der Waals surface area contributed by atoms with Crippen LogP contribution in [-0.2, 0) is 20.1 Å². The van der Waals surface area contributed by atoms with Gasteiger partial charge in [0.15, 0.2) is 0 Å². The maximum atomic E-state index is 9.08. The summed E-state index contributed by atoms with van der Waals surface area (Å²) in [5.74, 6) is 0.174. The number of pyridine rings is 1. The van der Waals surface area contributed by atoms with E-state index in [1.165, 1.54) is 32.6 Å². The van der Waals surface area contributed by atoms with Crippen molar-refractivity contribution in [2.24, 2.45) is 5.41 Å². The molecule has 4 nitrogen and oxygen atoms in total. The maximum Gasteiger partial charge on any atom is 0.120 e. The molecule has 0 bridgehead atoms. The fraction of sp³-hybridized carbons (Fsp3) is 0.245. The maximum absolute atomic E-state index is 9.08. The molecule has 59 heavy (non-hydrogen) atoms. The zero-order valence-corrected chi connectivity index (χ0v) is 39.4. The summed E-state index contributed by atoms with van der Waals surface area (Å²) in [6.07, 6.45) is 2.01. The van der Waals surface area contributed by atoms with Crippen LogP contribution < -0.4 is 5.19 Å². The van der Waals surface area contributed by atoms with Crippen LogP contribution in [0.2, 0.25) is 19.6 Å². The van der Waals surface area contributed by atoms with Crippen LogP contribution >= 0.6 is 0 Å². The van der Waals surface area contributed by atoms with Gasteiger partial charge in [-0.15, -0.1) is 53.6 Å². The summed E-state index contributed by atoms with van der Waals surface area (Å²) in [5.41, 5.74) is 13.4. The first kappa shape index (κ1) is 40.6. The van der Waals surface area contributed by atoms with Crippen LogP contribution in [0.4, 0.5) is 0 Å². The number of imidazole rings is 1. The van der Waals surface area contributed by atoms with Crippen molar-refractivity contribution in [3.8, 4) is 28.3 Å². The number of aryl methyl sites for hydroxylation is 4. The predicted molar refractivity (Wildman–Crippen MR) is 248 cm³/mol. The van der Waals surface area contributed by atoms with Crippen molar-refractivity contribution in [3.05, 3.63) is 155 Å². The first-order valence-corrected chi connectivity index (χ1v) is 23.7. The minimum atomic E-state index is -1.58. The number of aromatic nitrogens is 3. The van der Waals surface area contributed by atoms with E-state index in [0.29, 0.717) is 0 Å². The Balaban J connectivity index is 0.000000198. The molecule has 0 aliphatic carbocycles. The summed E-state index contributed by atoms with van der Waals surface area (Å²) in [7, 11) is -1.58. The van der Waals surface area contributed by atoms with Gasteiger partial charge in [-0.2, -0.15) is 0 Å². The Kier molecular flexibility index (Phi) is 11.1. The molecule has 3 aromatic heterocycles. The van der Waals surface area contributed by atoms with E-state index in [0.717, 1.165) is 72.4 Å². The van der Waals surface area contributed by atoms with Gasteiger partial charge >= 0.3 is 0 Å². The van der Waals surface area contributed by atoms with Gasteiger partial charge in [0.2, 0.25) is 0 Å². The average Bonchev–Trinajstić information content (AvgIpc) is 3.75. The van der Waals surface area contributed by atoms with Gasteiger partial charge in [0, 0.05) is 38.7 Å². The van der Waals surface area contributed by atoms with E-state index >= 15 is 0 Å². The second-order valence-electron chi connectivity index (χ2n) is 17.9. The summed E-state index contributed by atoms with van der Waals surface area (Å²) >= 11 is 0. The summed E-state index contributed by atoms with van der Waals surface area (Å²) in [6, 6.07) is 44.6. The minimum Gasteiger partial charge on any atom is -0.501 e. The summed E-state index contributed by atoms with van der Waals surface area (Å²) in [6.45, 7) is 24.0. The third-order valence-electron chi connectivity index (χ3n) is 11.5. The molecule has 6 aromatic carbocycles. The van der Waals surface area contributed by atoms with Crippen LogP contribution in [0.15, 0.2) is 120 Å². The molecule has 301 valence electrons. The van der Waals surface area contributed by atoms with Gasteiger partial charge in [0.05, 0.1) is 30.5 Å². The number of furan rings is 1. The Labute approximate surface area is 365 Å². The van der Waals surface area contributed by atoms with E-state index in [1.54, 1.807) is 0 Å². The largest absolute Gasteiger partial charge is 0.501 e. The molecule has 0 aliphatic heterocycles. The van der Waals surface area contributed by atoms with Crippen LogP contribution in [0.1, 0.15) is 62.8 Å². The summed E-state index contributed by atoms with van der Waals surface area (Å²) in [4.78, 5) is 9.92. The summed E-state index contributed by atoms with van der Waals surface area (Å²) < 4.78 is 17.9. The first-order valence-electron chi connectivity index (χ1n) is 20.7. The number of rotatable bonds is 5. The minimum absolute atomic E-state index is 0. The fourth-order valence-electron chi connectivity index (χ4n) is 8.05. The number of nitrogens with zero attached hydrogens (tertiary/aromatic N) is 3. The normalized spacial score (nSPS) is 13.2. The topological polar surface area (TPSA) is 43.9 Å². The predicted octanol–water partition coefficient (Wildman–Crippen LogP) is 14.0. The van der Waals surface area contributed by atoms with Crippen molar-refractivity contribution in [2.75, 3.05) is 0 Å². The molecule has 1 atom stereocenters. The molecule has 0 saturated carbocycles. The zero-order valence-electron chi connectivity index (χ0n) is 37.1. The van der Waals surface area contributed by atoms with E-state index in [-0.39, 0.29) is 25.5 Å². The van der Waals surface area contributed by atoms with Crippen molar-refractivity contribution in [2.45, 2.75) is 80.9 Å². The molecule has 0 amide bonds. The zero-order chi connectivity index (χ0) is 42.0. The second-order valence-corrected chi connectivity index (χ2v) is 22.9. The molecule has 0 N–H and O–H groups in total. The van der Waals surface area contributed by atoms with Gasteiger partial charge < -0.3 is 14.0 Å². The molecule has 1 radical (unpaired) electrons. The van der Waals surface area contributed by atoms with Gasteiger partial charge in [-0.3, -0.25) is 4.98 Å². The Morgan fingerprint density at radius 1 is 0.797 bits per heavy atom. The number of hydrogen-bond donors (Lipinski definition) is 0. The monoisotopic (exact) mass is 969 g/mol. The van der Waals surface area contributed by atoms with Gasteiger partial charge in [0.25, 0.3) is 0 Å². The molecular formula is C53H53IrN3OSi-2. The standard InChI is InChI=1S/C33H25N2O.C20H28NSi.Ir/c1-19-12-15-29-26(16-19)30-20(2)13-14-25(32(30)36-29)33-34-27-17-23-10-5-6-11-24(23)18-28(27)35(33)31-21(3)8-7-9-22(31)4;1-15(20(2,3)4)17-13-18(16-11-9-8-10-12-16)21-14-19(17)22(5,6)7;/h5-13,15-18H,1-4H3;8-11,13-15H,1-7H3;/q2*-1;/i;15D;. The van der Waals surface area contributed by atoms with Crippen LogP contribution in [0, 0.1) is 45.2 Å². The molecule has 1 unspecified atom stereocenters. The van der Waals surface area contributed by atoms with Crippen LogP contribution in [0.25, 0.3) is 72.1 Å². The summed E-state index contributed by atoms with van der Waals surface area (Å²) in [5, 5.41) is 5.93. The Morgan fingerprint density at radius 3 is 2.15 bits per heavy atom. The quantitative estimate of drug-likeness (QED) is 0.127. The fourth-order valence-corrected chi connectivity index (χ4v) is 9.57. The SMILES string of the molecule is Cc1ccc2oc3c(-c4nc5cc6ccccc6cc5n4-c4c(C)cccc4C)[c-]cc(C)c3c2c1.[2H]C(C)(c1cc(-c2[c-]cccc2)ncc1[Si](C)(C)C)C(C)(C)C.[Ir]. The second kappa shape index (κ2) is 16.1. The third kappa shape index (κ3) is 7.99. The van der Waals surface area contributed by atoms with Gasteiger partial charge in [-0.25, -0.2) is 0 Å². The molecule has 0 saturated heterocycles. The van der Waals surface area contributed by atoms with Crippen molar-refractivity contribution < 1.29 is 25.9 Å². The van der Waals surface area contributed by atoms with Crippen LogP contribution in [0.3, 0.4) is 0 Å². The molecule has 0 fully saturated rings. The van der Waals surface area contributed by atoms with Crippen molar-refractivity contribution in [1.82, 2.24) is 14.5 Å². The molecule has 9 aromatic rings. The van der Waals surface area contributed by atoms with E-state index in [9.17, 15) is 0 Å².